The van der Waals surface area contributed by atoms with E-state index in [4.69, 9.17) is 16.3 Å². The van der Waals surface area contributed by atoms with Gasteiger partial charge in [0.25, 0.3) is 11.1 Å². The van der Waals surface area contributed by atoms with Crippen molar-refractivity contribution in [1.29, 1.82) is 0 Å². The third kappa shape index (κ3) is 4.24. The molecule has 8 heteroatoms. The van der Waals surface area contributed by atoms with Crippen molar-refractivity contribution in [2.45, 2.75) is 39.3 Å². The zero-order chi connectivity index (χ0) is 21.1. The van der Waals surface area contributed by atoms with Crippen molar-refractivity contribution in [1.82, 2.24) is 19.2 Å². The largest absolute Gasteiger partial charge is 0.382 e. The van der Waals surface area contributed by atoms with Gasteiger partial charge in [0.15, 0.2) is 0 Å². The van der Waals surface area contributed by atoms with Gasteiger partial charge in [-0.1, -0.05) is 17.7 Å². The molecule has 0 bridgehead atoms. The molecule has 0 amide bonds. The van der Waals surface area contributed by atoms with Crippen LogP contribution in [0.15, 0.2) is 39.9 Å². The lowest BCUT2D eigenvalue weighted by Crippen LogP contribution is -2.30. The number of likely N-dealkylation sites (tertiary alicyclic amines) is 1. The van der Waals surface area contributed by atoms with Crippen molar-refractivity contribution in [3.63, 3.8) is 0 Å². The van der Waals surface area contributed by atoms with Gasteiger partial charge in [-0.15, -0.1) is 0 Å². The number of nitrogens with zero attached hydrogens (tertiary/aromatic N) is 3. The van der Waals surface area contributed by atoms with Gasteiger partial charge in [0, 0.05) is 37.4 Å². The first kappa shape index (κ1) is 20.9. The Morgan fingerprint density at radius 2 is 1.97 bits per heavy atom. The number of hydrogen-bond donors (Lipinski definition) is 1. The van der Waals surface area contributed by atoms with E-state index in [0.29, 0.717) is 47.9 Å². The Morgan fingerprint density at radius 1 is 1.17 bits per heavy atom. The number of fused-ring (bicyclic) bond motifs is 1. The summed E-state index contributed by atoms with van der Waals surface area (Å²) in [5.74, 6) is 0. The van der Waals surface area contributed by atoms with Crippen LogP contribution in [-0.4, -0.2) is 45.6 Å². The third-order valence-electron chi connectivity index (χ3n) is 5.58. The van der Waals surface area contributed by atoms with Crippen LogP contribution in [0.5, 0.6) is 0 Å². The standard InChI is InChI=1S/C22H27ClN4O3/c1-2-30-12-6-11-26-19(15-25-9-3-4-10-25)21-18(14-20(26)28)24-27(22(21)29)17-8-5-7-16(23)13-17/h5,7-8,13-14,24H,2-4,6,9-12,15H2,1H3. The molecule has 0 spiro atoms. The number of benzene rings is 1. The molecule has 0 atom stereocenters. The van der Waals surface area contributed by atoms with Crippen LogP contribution in [0.3, 0.4) is 0 Å². The number of aromatic amines is 1. The third-order valence-corrected chi connectivity index (χ3v) is 5.81. The Bertz CT molecular complexity index is 1140. The Hall–Kier alpha value is -2.35. The van der Waals surface area contributed by atoms with E-state index in [-0.39, 0.29) is 11.1 Å². The number of rotatable bonds is 8. The predicted molar refractivity (Wildman–Crippen MR) is 119 cm³/mol. The minimum absolute atomic E-state index is 0.104. The maximum Gasteiger partial charge on any atom is 0.280 e. The highest BCUT2D eigenvalue weighted by Crippen LogP contribution is 2.20. The van der Waals surface area contributed by atoms with Crippen molar-refractivity contribution in [3.05, 3.63) is 61.8 Å². The predicted octanol–water partition coefficient (Wildman–Crippen LogP) is 3.16. The second kappa shape index (κ2) is 9.20. The molecule has 0 radical (unpaired) electrons. The fourth-order valence-corrected chi connectivity index (χ4v) is 4.32. The van der Waals surface area contributed by atoms with Crippen LogP contribution in [0.4, 0.5) is 0 Å². The van der Waals surface area contributed by atoms with Crippen LogP contribution in [0.25, 0.3) is 16.6 Å². The molecule has 1 aliphatic rings. The van der Waals surface area contributed by atoms with Crippen LogP contribution >= 0.6 is 11.6 Å². The smallest absolute Gasteiger partial charge is 0.280 e. The number of H-pyrrole nitrogens is 1. The van der Waals surface area contributed by atoms with Gasteiger partial charge >= 0.3 is 0 Å². The van der Waals surface area contributed by atoms with Gasteiger partial charge in [-0.05, 0) is 57.5 Å². The SMILES string of the molecule is CCOCCCn1c(CN2CCCC2)c2c(=O)n(-c3cccc(Cl)c3)[nH]c2cc1=O. The number of hydrogen-bond acceptors (Lipinski definition) is 4. The maximum atomic E-state index is 13.4. The van der Waals surface area contributed by atoms with Crippen molar-refractivity contribution in [2.75, 3.05) is 26.3 Å². The van der Waals surface area contributed by atoms with Crippen molar-refractivity contribution < 1.29 is 4.74 Å². The Morgan fingerprint density at radius 3 is 2.70 bits per heavy atom. The molecule has 1 fully saturated rings. The fourth-order valence-electron chi connectivity index (χ4n) is 4.14. The summed E-state index contributed by atoms with van der Waals surface area (Å²) < 4.78 is 8.66. The van der Waals surface area contributed by atoms with Crippen LogP contribution in [0.1, 0.15) is 31.9 Å². The fraction of sp³-hybridized carbons (Fsp3) is 0.455. The molecule has 1 aromatic carbocycles. The van der Waals surface area contributed by atoms with Crippen molar-refractivity contribution >= 4 is 22.5 Å². The summed E-state index contributed by atoms with van der Waals surface area (Å²) in [5, 5.41) is 4.22. The van der Waals surface area contributed by atoms with E-state index in [0.717, 1.165) is 38.0 Å². The van der Waals surface area contributed by atoms with Gasteiger partial charge in [-0.2, -0.15) is 0 Å². The zero-order valence-corrected chi connectivity index (χ0v) is 18.0. The van der Waals surface area contributed by atoms with E-state index in [2.05, 4.69) is 10.00 Å². The van der Waals surface area contributed by atoms with Gasteiger partial charge in [-0.3, -0.25) is 19.6 Å². The molecular formula is C22H27ClN4O3. The first-order valence-electron chi connectivity index (χ1n) is 10.5. The monoisotopic (exact) mass is 430 g/mol. The van der Waals surface area contributed by atoms with E-state index in [1.165, 1.54) is 10.7 Å². The van der Waals surface area contributed by atoms with E-state index < -0.39 is 0 Å². The van der Waals surface area contributed by atoms with Gasteiger partial charge in [-0.25, -0.2) is 4.68 Å². The molecular weight excluding hydrogens is 404 g/mol. The first-order chi connectivity index (χ1) is 14.6. The number of pyridine rings is 1. The van der Waals surface area contributed by atoms with Crippen LogP contribution in [-0.2, 0) is 17.8 Å². The molecule has 1 N–H and O–H groups in total. The highest BCUT2D eigenvalue weighted by Gasteiger charge is 2.21. The molecule has 4 rings (SSSR count). The quantitative estimate of drug-likeness (QED) is 0.557. The van der Waals surface area contributed by atoms with Crippen molar-refractivity contribution in [3.8, 4) is 5.69 Å². The summed E-state index contributed by atoms with van der Waals surface area (Å²) >= 11 is 6.12. The summed E-state index contributed by atoms with van der Waals surface area (Å²) in [4.78, 5) is 28.7. The molecule has 160 valence electrons. The maximum absolute atomic E-state index is 13.4. The average molecular weight is 431 g/mol. The molecule has 3 heterocycles. The molecule has 2 aromatic heterocycles. The molecule has 3 aromatic rings. The minimum atomic E-state index is -0.167. The lowest BCUT2D eigenvalue weighted by atomic mass is 10.2. The second-order valence-corrected chi connectivity index (χ2v) is 8.07. The van der Waals surface area contributed by atoms with Crippen LogP contribution in [0.2, 0.25) is 5.02 Å². The van der Waals surface area contributed by atoms with Gasteiger partial charge in [0.05, 0.1) is 22.3 Å². The Kier molecular flexibility index (Phi) is 6.41. The highest BCUT2D eigenvalue weighted by molar-refractivity contribution is 6.30. The lowest BCUT2D eigenvalue weighted by Gasteiger charge is -2.19. The summed E-state index contributed by atoms with van der Waals surface area (Å²) in [5.41, 5.74) is 1.71. The second-order valence-electron chi connectivity index (χ2n) is 7.64. The summed E-state index contributed by atoms with van der Waals surface area (Å²) in [7, 11) is 0. The summed E-state index contributed by atoms with van der Waals surface area (Å²) in [6.07, 6.45) is 3.01. The molecule has 7 nitrogen and oxygen atoms in total. The van der Waals surface area contributed by atoms with E-state index >= 15 is 0 Å². The summed E-state index contributed by atoms with van der Waals surface area (Å²) in [6.45, 7) is 6.27. The molecule has 1 aliphatic heterocycles. The van der Waals surface area contributed by atoms with Crippen molar-refractivity contribution in [2.24, 2.45) is 0 Å². The molecule has 0 unspecified atom stereocenters. The summed E-state index contributed by atoms with van der Waals surface area (Å²) in [6, 6.07) is 8.63. The molecule has 0 saturated carbocycles. The van der Waals surface area contributed by atoms with Crippen LogP contribution < -0.4 is 11.1 Å². The molecule has 0 aliphatic carbocycles. The Balaban J connectivity index is 1.83. The Labute approximate surface area is 179 Å². The van der Waals surface area contributed by atoms with E-state index in [1.807, 2.05) is 13.0 Å². The molecule has 30 heavy (non-hydrogen) atoms. The minimum Gasteiger partial charge on any atom is -0.382 e. The van der Waals surface area contributed by atoms with E-state index in [1.54, 1.807) is 22.8 Å². The van der Waals surface area contributed by atoms with E-state index in [9.17, 15) is 9.59 Å². The topological polar surface area (TPSA) is 72.3 Å². The number of aromatic nitrogens is 3. The van der Waals surface area contributed by atoms with Crippen LogP contribution in [0, 0.1) is 0 Å². The number of halogens is 1. The van der Waals surface area contributed by atoms with Gasteiger partial charge < -0.3 is 9.30 Å². The number of nitrogens with one attached hydrogen (secondary N) is 1. The molecule has 1 saturated heterocycles. The highest BCUT2D eigenvalue weighted by atomic mass is 35.5. The zero-order valence-electron chi connectivity index (χ0n) is 17.2. The van der Waals surface area contributed by atoms with Gasteiger partial charge in [0.2, 0.25) is 0 Å². The lowest BCUT2D eigenvalue weighted by molar-refractivity contribution is 0.141. The number of ether oxygens (including phenoxy) is 1. The average Bonchev–Trinajstić information content (AvgIpc) is 3.34. The first-order valence-corrected chi connectivity index (χ1v) is 10.9. The normalized spacial score (nSPS) is 14.7. The van der Waals surface area contributed by atoms with Gasteiger partial charge in [0.1, 0.15) is 0 Å².